The number of Topliss-reactive ketones (excluding diaryl/α,β-unsaturated/α-hetero) is 1. The van der Waals surface area contributed by atoms with Crippen LogP contribution in [-0.2, 0) is 4.79 Å². The Morgan fingerprint density at radius 2 is 2.25 bits per heavy atom. The molecule has 0 aliphatic rings. The first kappa shape index (κ1) is 6.88. The molecule has 0 amide bonds. The normalized spacial score (nSPS) is 10.9. The van der Waals surface area contributed by atoms with Crippen LogP contribution in [-0.4, -0.2) is 12.0 Å². The molecule has 0 bridgehead atoms. The van der Waals surface area contributed by atoms with E-state index in [0.29, 0.717) is 0 Å². The first-order chi connectivity index (χ1) is 3.68. The zero-order valence-corrected chi connectivity index (χ0v) is 4.64. The lowest BCUT2D eigenvalue weighted by Gasteiger charge is -1.86. The van der Waals surface area contributed by atoms with Gasteiger partial charge in [-0.05, 0) is 6.08 Å². The second-order valence-electron chi connectivity index (χ2n) is 1.34. The van der Waals surface area contributed by atoms with Crippen molar-refractivity contribution >= 4 is 12.0 Å². The molecule has 3 nitrogen and oxygen atoms in total. The Hall–Kier alpha value is -1.12. The van der Waals surface area contributed by atoms with Crippen LogP contribution in [0.15, 0.2) is 11.8 Å². The van der Waals surface area contributed by atoms with Gasteiger partial charge in [-0.15, -0.1) is 0 Å². The molecule has 0 aromatic carbocycles. The molecule has 0 heterocycles. The highest BCUT2D eigenvalue weighted by atomic mass is 16.1. The average Bonchev–Trinajstić information content (AvgIpc) is 1.67. The number of allylic oxidation sites excluding steroid dienone is 2. The number of carbonyl (C=O) groups excluding carboxylic acids is 1. The third-order valence-electron chi connectivity index (χ3n) is 0.669. The maximum atomic E-state index is 10.2. The number of nitrogens with two attached hydrogens (primary N) is 1. The Bertz CT molecular complexity index is 137. The fourth-order valence-corrected chi connectivity index (χ4v) is 0.207. The Kier molecular flexibility index (Phi) is 2.54. The summed E-state index contributed by atoms with van der Waals surface area (Å²) in [7, 11) is 0. The molecule has 0 saturated heterocycles. The van der Waals surface area contributed by atoms with Crippen molar-refractivity contribution in [2.45, 2.75) is 6.92 Å². The highest BCUT2D eigenvalue weighted by Crippen LogP contribution is 1.80. The minimum Gasteiger partial charge on any atom is -0.396 e. The summed E-state index contributed by atoms with van der Waals surface area (Å²) in [6.07, 6.45) is 2.24. The van der Waals surface area contributed by atoms with Gasteiger partial charge in [0.15, 0.2) is 5.78 Å². The van der Waals surface area contributed by atoms with Crippen LogP contribution in [0.2, 0.25) is 0 Å². The van der Waals surface area contributed by atoms with Crippen molar-refractivity contribution in [3.05, 3.63) is 11.8 Å². The number of hydrogen-bond donors (Lipinski definition) is 2. The van der Waals surface area contributed by atoms with Gasteiger partial charge in [0.2, 0.25) is 0 Å². The lowest BCUT2D eigenvalue weighted by Crippen LogP contribution is -2.06. The minimum atomic E-state index is -0.200. The van der Waals surface area contributed by atoms with Crippen molar-refractivity contribution < 1.29 is 4.79 Å². The zero-order chi connectivity index (χ0) is 6.57. The molecular weight excluding hydrogens is 104 g/mol. The Labute approximate surface area is 47.7 Å². The highest BCUT2D eigenvalue weighted by Gasteiger charge is 1.91. The molecule has 0 rings (SSSR count). The smallest absolute Gasteiger partial charge is 0.175 e. The molecule has 3 N–H and O–H groups in total. The van der Waals surface area contributed by atoms with Crippen LogP contribution in [0.1, 0.15) is 6.92 Å². The lowest BCUT2D eigenvalue weighted by molar-refractivity contribution is -0.113. The van der Waals surface area contributed by atoms with Crippen LogP contribution < -0.4 is 5.73 Å². The SMILES string of the molecule is CC(=O)C(N)=CC=N. The fraction of sp³-hybridized carbons (Fsp3) is 0.200. The van der Waals surface area contributed by atoms with Crippen molar-refractivity contribution in [1.29, 1.82) is 5.41 Å². The molecule has 3 heteroatoms. The number of rotatable bonds is 2. The van der Waals surface area contributed by atoms with Gasteiger partial charge >= 0.3 is 0 Å². The standard InChI is InChI=1S/C5H8N2O/c1-4(8)5(7)2-3-6/h2-3,6H,7H2,1H3. The van der Waals surface area contributed by atoms with E-state index in [9.17, 15) is 4.79 Å². The highest BCUT2D eigenvalue weighted by molar-refractivity contribution is 5.95. The van der Waals surface area contributed by atoms with Gasteiger partial charge < -0.3 is 11.1 Å². The summed E-state index contributed by atoms with van der Waals surface area (Å²) in [6, 6.07) is 0. The van der Waals surface area contributed by atoms with Gasteiger partial charge in [-0.1, -0.05) is 0 Å². The molecule has 0 atom stereocenters. The van der Waals surface area contributed by atoms with Crippen LogP contribution >= 0.6 is 0 Å². The fourth-order valence-electron chi connectivity index (χ4n) is 0.207. The molecule has 44 valence electrons. The molecule has 0 saturated carbocycles. The molecule has 0 aromatic rings. The monoisotopic (exact) mass is 112 g/mol. The third-order valence-corrected chi connectivity index (χ3v) is 0.669. The van der Waals surface area contributed by atoms with E-state index < -0.39 is 0 Å². The summed E-state index contributed by atoms with van der Waals surface area (Å²) in [6.45, 7) is 1.36. The maximum absolute atomic E-state index is 10.2. The predicted octanol–water partition coefficient (Wildman–Crippen LogP) is 0.0676. The van der Waals surface area contributed by atoms with E-state index in [2.05, 4.69) is 0 Å². The molecule has 0 unspecified atom stereocenters. The van der Waals surface area contributed by atoms with Gasteiger partial charge in [0.25, 0.3) is 0 Å². The number of carbonyl (C=O) groups is 1. The molecule has 0 spiro atoms. The number of nitrogens with one attached hydrogen (secondary N) is 1. The Morgan fingerprint density at radius 1 is 1.75 bits per heavy atom. The second-order valence-corrected chi connectivity index (χ2v) is 1.34. The van der Waals surface area contributed by atoms with Crippen LogP contribution in [0.25, 0.3) is 0 Å². The van der Waals surface area contributed by atoms with Crippen molar-refractivity contribution in [1.82, 2.24) is 0 Å². The van der Waals surface area contributed by atoms with Gasteiger partial charge in [-0.2, -0.15) is 0 Å². The minimum absolute atomic E-state index is 0.125. The van der Waals surface area contributed by atoms with Gasteiger partial charge in [-0.25, -0.2) is 0 Å². The molecule has 8 heavy (non-hydrogen) atoms. The van der Waals surface area contributed by atoms with Crippen LogP contribution in [0.3, 0.4) is 0 Å². The van der Waals surface area contributed by atoms with E-state index in [1.165, 1.54) is 13.0 Å². The van der Waals surface area contributed by atoms with E-state index in [1.807, 2.05) is 0 Å². The van der Waals surface area contributed by atoms with Crippen molar-refractivity contribution in [3.63, 3.8) is 0 Å². The average molecular weight is 112 g/mol. The van der Waals surface area contributed by atoms with Gasteiger partial charge in [-0.3, -0.25) is 4.79 Å². The van der Waals surface area contributed by atoms with Crippen LogP contribution in [0.4, 0.5) is 0 Å². The summed E-state index contributed by atoms with van der Waals surface area (Å²) < 4.78 is 0. The van der Waals surface area contributed by atoms with E-state index >= 15 is 0 Å². The number of ketones is 1. The maximum Gasteiger partial charge on any atom is 0.175 e. The largest absolute Gasteiger partial charge is 0.396 e. The Balaban J connectivity index is 3.99. The van der Waals surface area contributed by atoms with Crippen molar-refractivity contribution in [2.75, 3.05) is 0 Å². The van der Waals surface area contributed by atoms with Gasteiger partial charge in [0.1, 0.15) is 0 Å². The topological polar surface area (TPSA) is 66.9 Å². The first-order valence-corrected chi connectivity index (χ1v) is 2.15. The quantitative estimate of drug-likeness (QED) is 0.392. The lowest BCUT2D eigenvalue weighted by atomic mass is 10.3. The van der Waals surface area contributed by atoms with Crippen molar-refractivity contribution in [2.24, 2.45) is 5.73 Å². The van der Waals surface area contributed by atoms with E-state index in [0.717, 1.165) is 6.21 Å². The third kappa shape index (κ3) is 2.12. The first-order valence-electron chi connectivity index (χ1n) is 2.15. The van der Waals surface area contributed by atoms with E-state index in [4.69, 9.17) is 11.1 Å². The summed E-state index contributed by atoms with van der Waals surface area (Å²) in [5, 5.41) is 6.49. The molecular formula is C5H8N2O. The summed E-state index contributed by atoms with van der Waals surface area (Å²) in [4.78, 5) is 10.2. The zero-order valence-electron chi connectivity index (χ0n) is 4.64. The molecule has 0 fully saturated rings. The van der Waals surface area contributed by atoms with Gasteiger partial charge in [0.05, 0.1) is 5.70 Å². The Morgan fingerprint density at radius 3 is 2.38 bits per heavy atom. The summed E-state index contributed by atoms with van der Waals surface area (Å²) in [5.74, 6) is -0.200. The van der Waals surface area contributed by atoms with Crippen LogP contribution in [0, 0.1) is 5.41 Å². The second kappa shape index (κ2) is 2.96. The van der Waals surface area contributed by atoms with E-state index in [-0.39, 0.29) is 11.5 Å². The molecule has 0 aromatic heterocycles. The molecule has 0 aliphatic carbocycles. The molecule has 0 aliphatic heterocycles. The predicted molar refractivity (Wildman–Crippen MR) is 31.7 cm³/mol. The number of hydrogen-bond acceptors (Lipinski definition) is 3. The van der Waals surface area contributed by atoms with Gasteiger partial charge in [0, 0.05) is 13.1 Å². The summed E-state index contributed by atoms with van der Waals surface area (Å²) in [5.41, 5.74) is 5.21. The van der Waals surface area contributed by atoms with E-state index in [1.54, 1.807) is 0 Å². The van der Waals surface area contributed by atoms with Crippen LogP contribution in [0.5, 0.6) is 0 Å². The van der Waals surface area contributed by atoms with Crippen molar-refractivity contribution in [3.8, 4) is 0 Å². The molecule has 0 radical (unpaired) electrons. The summed E-state index contributed by atoms with van der Waals surface area (Å²) >= 11 is 0.